The number of hydrogen-bond acceptors (Lipinski definition) is 4. The number of ether oxygens (including phenoxy) is 1. The summed E-state index contributed by atoms with van der Waals surface area (Å²) >= 11 is 0. The van der Waals surface area contributed by atoms with Crippen LogP contribution in [0.4, 0.5) is 13.2 Å². The third-order valence-electron chi connectivity index (χ3n) is 4.85. The van der Waals surface area contributed by atoms with Crippen molar-refractivity contribution >= 4 is 16.9 Å². The average Bonchev–Trinajstić information content (AvgIpc) is 3.16. The number of aromatic nitrogens is 1. The van der Waals surface area contributed by atoms with Gasteiger partial charge in [0, 0.05) is 18.5 Å². The van der Waals surface area contributed by atoms with Gasteiger partial charge in [-0.05, 0) is 37.5 Å². The van der Waals surface area contributed by atoms with Crippen molar-refractivity contribution in [2.24, 2.45) is 0 Å². The molecule has 31 heavy (non-hydrogen) atoms. The molecule has 5 nitrogen and oxygen atoms in total. The second kappa shape index (κ2) is 9.85. The van der Waals surface area contributed by atoms with Crippen molar-refractivity contribution in [3.05, 3.63) is 58.8 Å². The van der Waals surface area contributed by atoms with Crippen LogP contribution in [-0.2, 0) is 23.9 Å². The van der Waals surface area contributed by atoms with Crippen molar-refractivity contribution in [3.8, 4) is 5.75 Å². The maximum atomic E-state index is 13.1. The molecule has 3 aromatic rings. The molecule has 2 aromatic carbocycles. The number of halogens is 3. The number of alkyl halides is 3. The number of aryl methyl sites for hydroxylation is 2. The monoisotopic (exact) mass is 434 g/mol. The van der Waals surface area contributed by atoms with Gasteiger partial charge in [0.1, 0.15) is 5.75 Å². The fraction of sp³-hybridized carbons (Fsp3) is 0.391. The third-order valence-corrected chi connectivity index (χ3v) is 4.85. The van der Waals surface area contributed by atoms with Gasteiger partial charge in [0.05, 0.1) is 12.0 Å². The Labute approximate surface area is 178 Å². The average molecular weight is 434 g/mol. The lowest BCUT2D eigenvalue weighted by molar-refractivity contribution is -0.141. The molecule has 0 saturated carbocycles. The van der Waals surface area contributed by atoms with Gasteiger partial charge in [-0.1, -0.05) is 48.3 Å². The maximum Gasteiger partial charge on any atom is 0.437 e. The molecule has 0 fully saturated rings. The summed E-state index contributed by atoms with van der Waals surface area (Å²) in [7, 11) is 0. The molecule has 8 heteroatoms. The van der Waals surface area contributed by atoms with Crippen LogP contribution in [0.1, 0.15) is 48.6 Å². The van der Waals surface area contributed by atoms with E-state index in [1.807, 2.05) is 38.1 Å². The number of hydrogen-bond donors (Lipinski definition) is 1. The highest BCUT2D eigenvalue weighted by Gasteiger charge is 2.37. The first-order valence-corrected chi connectivity index (χ1v) is 10.2. The number of carbonyl (C=O) groups excluding carboxylic acids is 1. The van der Waals surface area contributed by atoms with Crippen molar-refractivity contribution in [1.29, 1.82) is 0 Å². The zero-order chi connectivity index (χ0) is 22.4. The van der Waals surface area contributed by atoms with E-state index in [2.05, 4.69) is 10.5 Å². The van der Waals surface area contributed by atoms with Crippen LogP contribution in [0.2, 0.25) is 0 Å². The van der Waals surface area contributed by atoms with Gasteiger partial charge in [-0.15, -0.1) is 0 Å². The van der Waals surface area contributed by atoms with Crippen LogP contribution < -0.4 is 10.1 Å². The van der Waals surface area contributed by atoms with Gasteiger partial charge in [0.25, 0.3) is 0 Å². The summed E-state index contributed by atoms with van der Waals surface area (Å²) in [4.78, 5) is 12.1. The molecule has 1 aromatic heterocycles. The fourth-order valence-corrected chi connectivity index (χ4v) is 3.39. The molecular weight excluding hydrogens is 409 g/mol. The Hall–Kier alpha value is -3.03. The van der Waals surface area contributed by atoms with E-state index < -0.39 is 11.9 Å². The van der Waals surface area contributed by atoms with Crippen LogP contribution in [0.5, 0.6) is 5.75 Å². The van der Waals surface area contributed by atoms with E-state index in [4.69, 9.17) is 9.26 Å². The second-order valence-electron chi connectivity index (χ2n) is 7.42. The Bertz CT molecular complexity index is 1040. The van der Waals surface area contributed by atoms with Gasteiger partial charge in [-0.25, -0.2) is 0 Å². The van der Waals surface area contributed by atoms with Crippen LogP contribution in [-0.4, -0.2) is 17.7 Å². The van der Waals surface area contributed by atoms with Gasteiger partial charge >= 0.3 is 6.18 Å². The highest BCUT2D eigenvalue weighted by Crippen LogP contribution is 2.38. The van der Waals surface area contributed by atoms with Gasteiger partial charge in [-0.2, -0.15) is 13.2 Å². The SMILES string of the molecule is CCCc1c(OCCCC(=O)NCc2cccc(C)c2)ccc2c(C(F)(F)F)noc12. The van der Waals surface area contributed by atoms with Gasteiger partial charge in [0.15, 0.2) is 11.3 Å². The summed E-state index contributed by atoms with van der Waals surface area (Å²) in [5.74, 6) is 0.374. The van der Waals surface area contributed by atoms with E-state index in [1.165, 1.54) is 12.1 Å². The Morgan fingerprint density at radius 2 is 2.03 bits per heavy atom. The predicted octanol–water partition coefficient (Wildman–Crippen LogP) is 5.58. The predicted molar refractivity (Wildman–Crippen MR) is 111 cm³/mol. The van der Waals surface area contributed by atoms with E-state index in [0.717, 1.165) is 11.1 Å². The van der Waals surface area contributed by atoms with Crippen molar-refractivity contribution in [2.75, 3.05) is 6.61 Å². The number of fused-ring (bicyclic) bond motifs is 1. The molecule has 1 N–H and O–H groups in total. The van der Waals surface area contributed by atoms with E-state index in [1.54, 1.807) is 0 Å². The topological polar surface area (TPSA) is 64.4 Å². The number of nitrogens with zero attached hydrogens (tertiary/aromatic N) is 1. The van der Waals surface area contributed by atoms with E-state index in [9.17, 15) is 18.0 Å². The summed E-state index contributed by atoms with van der Waals surface area (Å²) in [6.07, 6.45) is -2.61. The lowest BCUT2D eigenvalue weighted by Crippen LogP contribution is -2.23. The van der Waals surface area contributed by atoms with Crippen LogP contribution in [0.3, 0.4) is 0 Å². The fourth-order valence-electron chi connectivity index (χ4n) is 3.39. The second-order valence-corrected chi connectivity index (χ2v) is 7.42. The summed E-state index contributed by atoms with van der Waals surface area (Å²) < 4.78 is 50.1. The molecule has 0 aliphatic carbocycles. The quantitative estimate of drug-likeness (QED) is 0.447. The van der Waals surface area contributed by atoms with Gasteiger partial charge in [0.2, 0.25) is 5.91 Å². The molecular formula is C23H25F3N2O3. The van der Waals surface area contributed by atoms with Crippen molar-refractivity contribution < 1.29 is 27.2 Å². The molecule has 0 atom stereocenters. The summed E-state index contributed by atoms with van der Waals surface area (Å²) in [5, 5.41) is 6.02. The molecule has 0 aliphatic rings. The highest BCUT2D eigenvalue weighted by molar-refractivity contribution is 5.85. The standard InChI is InChI=1S/C23H25F3N2O3/c1-3-6-17-19(11-10-18-21(17)31-28-22(18)23(24,25)26)30-12-5-9-20(29)27-14-16-8-4-7-15(2)13-16/h4,7-8,10-11,13H,3,5-6,9,12,14H2,1-2H3,(H,27,29). The van der Waals surface area contributed by atoms with Gasteiger partial charge < -0.3 is 14.6 Å². The summed E-state index contributed by atoms with van der Waals surface area (Å²) in [6, 6.07) is 10.7. The summed E-state index contributed by atoms with van der Waals surface area (Å²) in [5.41, 5.74) is 1.80. The van der Waals surface area contributed by atoms with Crippen molar-refractivity contribution in [1.82, 2.24) is 10.5 Å². The zero-order valence-corrected chi connectivity index (χ0v) is 17.5. The van der Waals surface area contributed by atoms with Crippen LogP contribution >= 0.6 is 0 Å². The lowest BCUT2D eigenvalue weighted by Gasteiger charge is -2.12. The zero-order valence-electron chi connectivity index (χ0n) is 17.5. The Morgan fingerprint density at radius 3 is 2.74 bits per heavy atom. The minimum Gasteiger partial charge on any atom is -0.493 e. The van der Waals surface area contributed by atoms with Gasteiger partial charge in [-0.3, -0.25) is 4.79 Å². The molecule has 3 rings (SSSR count). The largest absolute Gasteiger partial charge is 0.493 e. The smallest absolute Gasteiger partial charge is 0.437 e. The molecule has 0 unspecified atom stereocenters. The molecule has 0 bridgehead atoms. The first-order valence-electron chi connectivity index (χ1n) is 10.2. The third kappa shape index (κ3) is 5.77. The van der Waals surface area contributed by atoms with E-state index in [-0.39, 0.29) is 29.9 Å². The number of carbonyl (C=O) groups is 1. The lowest BCUT2D eigenvalue weighted by atomic mass is 10.0. The van der Waals surface area contributed by atoms with Crippen molar-refractivity contribution in [2.45, 2.75) is 52.3 Å². The molecule has 0 aliphatic heterocycles. The van der Waals surface area contributed by atoms with E-state index >= 15 is 0 Å². The number of rotatable bonds is 9. The number of benzene rings is 2. The molecule has 0 radical (unpaired) electrons. The molecule has 0 spiro atoms. The molecule has 1 heterocycles. The maximum absolute atomic E-state index is 13.1. The number of amides is 1. The Balaban J connectivity index is 1.56. The Kier molecular flexibility index (Phi) is 7.20. The van der Waals surface area contributed by atoms with Crippen LogP contribution in [0, 0.1) is 6.92 Å². The Morgan fingerprint density at radius 1 is 1.23 bits per heavy atom. The van der Waals surface area contributed by atoms with Crippen LogP contribution in [0.15, 0.2) is 40.9 Å². The normalized spacial score (nSPS) is 11.6. The van der Waals surface area contributed by atoms with Crippen molar-refractivity contribution in [3.63, 3.8) is 0 Å². The number of nitrogens with one attached hydrogen (secondary N) is 1. The highest BCUT2D eigenvalue weighted by atomic mass is 19.4. The first kappa shape index (κ1) is 22.7. The molecule has 166 valence electrons. The summed E-state index contributed by atoms with van der Waals surface area (Å²) in [6.45, 7) is 4.64. The van der Waals surface area contributed by atoms with E-state index in [0.29, 0.717) is 37.1 Å². The molecule has 0 saturated heterocycles. The first-order chi connectivity index (χ1) is 14.8. The minimum absolute atomic E-state index is 0.0705. The minimum atomic E-state index is -4.58. The van der Waals surface area contributed by atoms with Crippen LogP contribution in [0.25, 0.3) is 11.0 Å². The molecule has 1 amide bonds.